The lowest BCUT2D eigenvalue weighted by Crippen LogP contribution is -2.40. The van der Waals surface area contributed by atoms with Gasteiger partial charge in [0, 0.05) is 11.4 Å². The molecule has 0 saturated carbocycles. The van der Waals surface area contributed by atoms with E-state index in [9.17, 15) is 4.79 Å². The number of carbonyl (C=O) groups excluding carboxylic acids is 1. The Morgan fingerprint density at radius 1 is 1.07 bits per heavy atom. The molecule has 0 radical (unpaired) electrons. The zero-order chi connectivity index (χ0) is 20.4. The number of amides is 1. The molecule has 0 aliphatic carbocycles. The molecule has 2 aromatic rings. The van der Waals surface area contributed by atoms with Crippen LogP contribution in [0, 0.1) is 13.8 Å². The second kappa shape index (κ2) is 8.68. The maximum atomic E-state index is 13.2. The number of aryl methyl sites for hydroxylation is 2. The van der Waals surface area contributed by atoms with Gasteiger partial charge in [0.25, 0.3) is 5.91 Å². The first kappa shape index (κ1) is 20.1. The van der Waals surface area contributed by atoms with Gasteiger partial charge >= 0.3 is 0 Å². The van der Waals surface area contributed by atoms with Crippen molar-refractivity contribution in [3.8, 4) is 0 Å². The Balaban J connectivity index is 1.64. The second-order valence-corrected chi connectivity index (χ2v) is 8.57. The summed E-state index contributed by atoms with van der Waals surface area (Å²) in [7, 11) is 0. The van der Waals surface area contributed by atoms with Crippen molar-refractivity contribution in [3.05, 3.63) is 69.7 Å². The first-order valence-electron chi connectivity index (χ1n) is 10.5. The minimum Gasteiger partial charge on any atom is -0.294 e. The summed E-state index contributed by atoms with van der Waals surface area (Å²) in [6.07, 6.45) is 4.26. The van der Waals surface area contributed by atoms with Gasteiger partial charge < -0.3 is 0 Å². The lowest BCUT2D eigenvalue weighted by Gasteiger charge is -2.29. The molecule has 0 spiro atoms. The lowest BCUT2D eigenvalue weighted by atomic mass is 9.96. The molecule has 2 aliphatic heterocycles. The van der Waals surface area contributed by atoms with Crippen molar-refractivity contribution in [2.75, 3.05) is 19.6 Å². The number of hydrazone groups is 1. The van der Waals surface area contributed by atoms with E-state index < -0.39 is 0 Å². The van der Waals surface area contributed by atoms with Crippen LogP contribution in [0.15, 0.2) is 47.6 Å². The Morgan fingerprint density at radius 3 is 2.55 bits per heavy atom. The molecule has 29 heavy (non-hydrogen) atoms. The van der Waals surface area contributed by atoms with Crippen LogP contribution in [0.25, 0.3) is 0 Å². The SMILES string of the molecule is Cc1ccc(C2=NN(C(=O)CN3CCCCC3)[C@@H](c3ccccc3Cl)C2)cc1C. The molecule has 0 N–H and O–H groups in total. The van der Waals surface area contributed by atoms with Crippen LogP contribution in [-0.4, -0.2) is 41.2 Å². The summed E-state index contributed by atoms with van der Waals surface area (Å²) in [5.74, 6) is 0.0515. The van der Waals surface area contributed by atoms with E-state index in [0.29, 0.717) is 18.0 Å². The molecule has 1 saturated heterocycles. The topological polar surface area (TPSA) is 35.9 Å². The summed E-state index contributed by atoms with van der Waals surface area (Å²) >= 11 is 6.51. The summed E-state index contributed by atoms with van der Waals surface area (Å²) < 4.78 is 0. The molecule has 0 bridgehead atoms. The van der Waals surface area contributed by atoms with Gasteiger partial charge in [0.15, 0.2) is 0 Å². The third-order valence-electron chi connectivity index (χ3n) is 6.08. The van der Waals surface area contributed by atoms with E-state index in [1.807, 2.05) is 24.3 Å². The first-order valence-corrected chi connectivity index (χ1v) is 10.8. The number of hydrogen-bond donors (Lipinski definition) is 0. The van der Waals surface area contributed by atoms with Crippen molar-refractivity contribution >= 4 is 23.2 Å². The maximum Gasteiger partial charge on any atom is 0.257 e. The van der Waals surface area contributed by atoms with E-state index in [1.54, 1.807) is 5.01 Å². The highest BCUT2D eigenvalue weighted by atomic mass is 35.5. The summed E-state index contributed by atoms with van der Waals surface area (Å²) in [5.41, 5.74) is 5.48. The van der Waals surface area contributed by atoms with Crippen LogP contribution in [-0.2, 0) is 4.79 Å². The number of carbonyl (C=O) groups is 1. The number of piperidine rings is 1. The molecular weight excluding hydrogens is 382 g/mol. The van der Waals surface area contributed by atoms with Crippen LogP contribution in [0.1, 0.15) is 54.0 Å². The van der Waals surface area contributed by atoms with Gasteiger partial charge in [0.2, 0.25) is 0 Å². The molecule has 2 aromatic carbocycles. The summed E-state index contributed by atoms with van der Waals surface area (Å²) in [6.45, 7) is 6.62. The Labute approximate surface area is 178 Å². The average Bonchev–Trinajstić information content (AvgIpc) is 3.16. The molecule has 2 heterocycles. The molecule has 2 aliphatic rings. The number of rotatable bonds is 4. The molecule has 4 nitrogen and oxygen atoms in total. The predicted octanol–water partition coefficient (Wildman–Crippen LogP) is 5.12. The third kappa shape index (κ3) is 4.39. The highest BCUT2D eigenvalue weighted by molar-refractivity contribution is 6.31. The molecular formula is C24H28ClN3O. The van der Waals surface area contributed by atoms with Crippen LogP contribution in [0.5, 0.6) is 0 Å². The number of nitrogens with zero attached hydrogens (tertiary/aromatic N) is 3. The number of benzene rings is 2. The minimum atomic E-state index is -0.155. The van der Waals surface area contributed by atoms with Gasteiger partial charge in [-0.25, -0.2) is 5.01 Å². The predicted molar refractivity (Wildman–Crippen MR) is 118 cm³/mol. The van der Waals surface area contributed by atoms with Crippen LogP contribution < -0.4 is 0 Å². The fraction of sp³-hybridized carbons (Fsp3) is 0.417. The smallest absolute Gasteiger partial charge is 0.257 e. The van der Waals surface area contributed by atoms with Crippen LogP contribution in [0.2, 0.25) is 5.02 Å². The fourth-order valence-corrected chi connectivity index (χ4v) is 4.47. The molecule has 1 atom stereocenters. The first-order chi connectivity index (χ1) is 14.0. The Hall–Kier alpha value is -2.17. The number of halogens is 1. The van der Waals surface area contributed by atoms with Gasteiger partial charge in [0.05, 0.1) is 18.3 Å². The van der Waals surface area contributed by atoms with Gasteiger partial charge in [-0.15, -0.1) is 0 Å². The number of likely N-dealkylation sites (tertiary alicyclic amines) is 1. The standard InChI is InChI=1S/C24H28ClN3O/c1-17-10-11-19(14-18(17)2)22-15-23(20-8-4-5-9-21(20)25)28(26-22)24(29)16-27-12-6-3-7-13-27/h4-5,8-11,14,23H,3,6-7,12-13,15-16H2,1-2H3/t23-/m1/s1. The van der Waals surface area contributed by atoms with Gasteiger partial charge in [-0.1, -0.05) is 48.4 Å². The molecule has 152 valence electrons. The Bertz CT molecular complexity index is 933. The van der Waals surface area contributed by atoms with E-state index >= 15 is 0 Å². The summed E-state index contributed by atoms with van der Waals surface area (Å²) in [5, 5.41) is 7.17. The van der Waals surface area contributed by atoms with Crippen molar-refractivity contribution in [2.24, 2.45) is 5.10 Å². The normalized spacial score (nSPS) is 20.0. The number of hydrogen-bond acceptors (Lipinski definition) is 3. The van der Waals surface area contributed by atoms with Crippen LogP contribution in [0.3, 0.4) is 0 Å². The second-order valence-electron chi connectivity index (χ2n) is 8.16. The molecule has 0 aromatic heterocycles. The fourth-order valence-electron chi connectivity index (χ4n) is 4.20. The van der Waals surface area contributed by atoms with Crippen molar-refractivity contribution < 1.29 is 4.79 Å². The molecule has 1 fully saturated rings. The van der Waals surface area contributed by atoms with E-state index in [2.05, 4.69) is 36.9 Å². The summed E-state index contributed by atoms with van der Waals surface area (Å²) in [4.78, 5) is 15.5. The lowest BCUT2D eigenvalue weighted by molar-refractivity contribution is -0.134. The third-order valence-corrected chi connectivity index (χ3v) is 6.42. The maximum absolute atomic E-state index is 13.2. The molecule has 1 amide bonds. The highest BCUT2D eigenvalue weighted by Crippen LogP contribution is 2.36. The van der Waals surface area contributed by atoms with Crippen molar-refractivity contribution in [3.63, 3.8) is 0 Å². The molecule has 0 unspecified atom stereocenters. The zero-order valence-corrected chi connectivity index (χ0v) is 18.0. The van der Waals surface area contributed by atoms with Gasteiger partial charge in [0.1, 0.15) is 0 Å². The van der Waals surface area contributed by atoms with Gasteiger partial charge in [-0.2, -0.15) is 5.10 Å². The van der Waals surface area contributed by atoms with E-state index in [-0.39, 0.29) is 11.9 Å². The van der Waals surface area contributed by atoms with E-state index in [1.165, 1.54) is 30.4 Å². The minimum absolute atomic E-state index is 0.0515. The van der Waals surface area contributed by atoms with Gasteiger partial charge in [-0.05, 0) is 74.2 Å². The van der Waals surface area contributed by atoms with Gasteiger partial charge in [-0.3, -0.25) is 9.69 Å². The zero-order valence-electron chi connectivity index (χ0n) is 17.2. The quantitative estimate of drug-likeness (QED) is 0.702. The van der Waals surface area contributed by atoms with Crippen molar-refractivity contribution in [2.45, 2.75) is 45.6 Å². The molecule has 5 heteroatoms. The monoisotopic (exact) mass is 409 g/mol. The molecule has 4 rings (SSSR count). The van der Waals surface area contributed by atoms with Crippen LogP contribution >= 0.6 is 11.6 Å². The van der Waals surface area contributed by atoms with Crippen LogP contribution in [0.4, 0.5) is 0 Å². The van der Waals surface area contributed by atoms with E-state index in [0.717, 1.165) is 29.9 Å². The Kier molecular flexibility index (Phi) is 6.02. The average molecular weight is 410 g/mol. The highest BCUT2D eigenvalue weighted by Gasteiger charge is 2.34. The summed E-state index contributed by atoms with van der Waals surface area (Å²) in [6, 6.07) is 14.0. The largest absolute Gasteiger partial charge is 0.294 e. The Morgan fingerprint density at radius 2 is 1.83 bits per heavy atom. The van der Waals surface area contributed by atoms with Crippen molar-refractivity contribution in [1.29, 1.82) is 0 Å². The van der Waals surface area contributed by atoms with E-state index in [4.69, 9.17) is 16.7 Å². The van der Waals surface area contributed by atoms with Crippen molar-refractivity contribution in [1.82, 2.24) is 9.91 Å².